The van der Waals surface area contributed by atoms with E-state index in [2.05, 4.69) is 4.74 Å². The highest BCUT2D eigenvalue weighted by atomic mass is 19.3. The standard InChI is InChI=1S/C9H6F3NO/c10-8-2-1-7(3-6(8)4-13)14-5-9(11)12/h1-3,9H,5H2. The molecule has 0 aliphatic heterocycles. The van der Waals surface area contributed by atoms with E-state index >= 15 is 0 Å². The number of alkyl halides is 2. The number of rotatable bonds is 3. The maximum Gasteiger partial charge on any atom is 0.272 e. The summed E-state index contributed by atoms with van der Waals surface area (Å²) in [6.07, 6.45) is -2.59. The Balaban J connectivity index is 2.76. The minimum absolute atomic E-state index is 0.0586. The summed E-state index contributed by atoms with van der Waals surface area (Å²) >= 11 is 0. The van der Waals surface area contributed by atoms with Crippen molar-refractivity contribution in [1.29, 1.82) is 5.26 Å². The van der Waals surface area contributed by atoms with E-state index in [1.807, 2.05) is 0 Å². The second-order valence-corrected chi connectivity index (χ2v) is 2.46. The van der Waals surface area contributed by atoms with Gasteiger partial charge < -0.3 is 4.74 Å². The van der Waals surface area contributed by atoms with Gasteiger partial charge in [0.2, 0.25) is 0 Å². The number of hydrogen-bond acceptors (Lipinski definition) is 2. The summed E-state index contributed by atoms with van der Waals surface area (Å²) in [5.41, 5.74) is -0.225. The predicted molar refractivity (Wildman–Crippen MR) is 42.6 cm³/mol. The van der Waals surface area contributed by atoms with Gasteiger partial charge in [0.25, 0.3) is 6.43 Å². The van der Waals surface area contributed by atoms with Crippen molar-refractivity contribution in [1.82, 2.24) is 0 Å². The van der Waals surface area contributed by atoms with Crippen LogP contribution in [0.5, 0.6) is 5.75 Å². The first-order valence-electron chi connectivity index (χ1n) is 3.74. The summed E-state index contributed by atoms with van der Waals surface area (Å²) in [7, 11) is 0. The molecule has 0 unspecified atom stereocenters. The topological polar surface area (TPSA) is 33.0 Å². The van der Waals surface area contributed by atoms with Crippen molar-refractivity contribution in [3.63, 3.8) is 0 Å². The molecule has 0 saturated heterocycles. The molecule has 0 saturated carbocycles. The van der Waals surface area contributed by atoms with Crippen molar-refractivity contribution in [2.24, 2.45) is 0 Å². The predicted octanol–water partition coefficient (Wildman–Crippen LogP) is 2.34. The average molecular weight is 201 g/mol. The number of benzene rings is 1. The van der Waals surface area contributed by atoms with Crippen LogP contribution in [0.25, 0.3) is 0 Å². The first-order chi connectivity index (χ1) is 6.63. The molecule has 0 spiro atoms. The molecule has 1 rings (SSSR count). The Hall–Kier alpha value is -1.70. The van der Waals surface area contributed by atoms with Crippen molar-refractivity contribution in [3.8, 4) is 11.8 Å². The van der Waals surface area contributed by atoms with Crippen LogP contribution in [-0.2, 0) is 0 Å². The molecule has 1 aromatic rings. The van der Waals surface area contributed by atoms with Gasteiger partial charge in [-0.2, -0.15) is 5.26 Å². The van der Waals surface area contributed by atoms with Crippen LogP contribution < -0.4 is 4.74 Å². The van der Waals surface area contributed by atoms with Gasteiger partial charge in [0.1, 0.15) is 24.2 Å². The van der Waals surface area contributed by atoms with E-state index in [0.717, 1.165) is 12.1 Å². The Labute approximate surface area is 78.5 Å². The molecule has 0 radical (unpaired) electrons. The van der Waals surface area contributed by atoms with Gasteiger partial charge in [-0.1, -0.05) is 0 Å². The summed E-state index contributed by atoms with van der Waals surface area (Å²) in [6.45, 7) is -0.767. The lowest BCUT2D eigenvalue weighted by molar-refractivity contribution is 0.0818. The first kappa shape index (κ1) is 10.4. The van der Waals surface area contributed by atoms with E-state index in [4.69, 9.17) is 5.26 Å². The highest BCUT2D eigenvalue weighted by Gasteiger charge is 2.06. The van der Waals surface area contributed by atoms with Crippen LogP contribution in [0.1, 0.15) is 5.56 Å². The summed E-state index contributed by atoms with van der Waals surface area (Å²) in [5.74, 6) is -0.639. The SMILES string of the molecule is N#Cc1cc(OCC(F)F)ccc1F. The third-order valence-corrected chi connectivity index (χ3v) is 1.43. The van der Waals surface area contributed by atoms with Crippen LogP contribution in [0.3, 0.4) is 0 Å². The normalized spacial score (nSPS) is 9.93. The fourth-order valence-electron chi connectivity index (χ4n) is 0.839. The van der Waals surface area contributed by atoms with Crippen molar-refractivity contribution >= 4 is 0 Å². The minimum Gasteiger partial charge on any atom is -0.488 e. The molecule has 1 aromatic carbocycles. The zero-order valence-corrected chi connectivity index (χ0v) is 7.01. The fraction of sp³-hybridized carbons (Fsp3) is 0.222. The lowest BCUT2D eigenvalue weighted by Crippen LogP contribution is -2.07. The lowest BCUT2D eigenvalue weighted by Gasteiger charge is -2.05. The molecule has 0 aliphatic carbocycles. The second kappa shape index (κ2) is 4.51. The van der Waals surface area contributed by atoms with Crippen LogP contribution in [0.2, 0.25) is 0 Å². The molecular formula is C9H6F3NO. The number of nitriles is 1. The van der Waals surface area contributed by atoms with Crippen molar-refractivity contribution in [2.45, 2.75) is 6.43 Å². The van der Waals surface area contributed by atoms with Crippen molar-refractivity contribution < 1.29 is 17.9 Å². The number of ether oxygens (including phenoxy) is 1. The summed E-state index contributed by atoms with van der Waals surface area (Å²) in [6, 6.07) is 4.85. The second-order valence-electron chi connectivity index (χ2n) is 2.46. The van der Waals surface area contributed by atoms with Gasteiger partial charge in [-0.05, 0) is 12.1 Å². The zero-order valence-electron chi connectivity index (χ0n) is 7.01. The molecule has 0 amide bonds. The fourth-order valence-corrected chi connectivity index (χ4v) is 0.839. The van der Waals surface area contributed by atoms with Crippen LogP contribution in [0, 0.1) is 17.1 Å². The Morgan fingerprint density at radius 3 is 2.71 bits per heavy atom. The highest BCUT2D eigenvalue weighted by Crippen LogP contribution is 2.16. The maximum atomic E-state index is 12.7. The molecular weight excluding hydrogens is 195 g/mol. The van der Waals surface area contributed by atoms with Crippen molar-refractivity contribution in [2.75, 3.05) is 6.61 Å². The molecule has 0 bridgehead atoms. The van der Waals surface area contributed by atoms with Gasteiger partial charge in [0.15, 0.2) is 0 Å². The van der Waals surface area contributed by atoms with E-state index in [1.54, 1.807) is 6.07 Å². The summed E-state index contributed by atoms with van der Waals surface area (Å²) < 4.78 is 40.8. The Morgan fingerprint density at radius 2 is 2.14 bits per heavy atom. The number of hydrogen-bond donors (Lipinski definition) is 0. The largest absolute Gasteiger partial charge is 0.488 e. The molecule has 14 heavy (non-hydrogen) atoms. The van der Waals surface area contributed by atoms with E-state index in [-0.39, 0.29) is 11.3 Å². The molecule has 74 valence electrons. The van der Waals surface area contributed by atoms with Gasteiger partial charge >= 0.3 is 0 Å². The van der Waals surface area contributed by atoms with Crippen LogP contribution in [0.4, 0.5) is 13.2 Å². The van der Waals surface area contributed by atoms with Gasteiger partial charge in [0.05, 0.1) is 5.56 Å². The van der Waals surface area contributed by atoms with Crippen LogP contribution >= 0.6 is 0 Å². The molecule has 5 heteroatoms. The Morgan fingerprint density at radius 1 is 1.43 bits per heavy atom. The summed E-state index contributed by atoms with van der Waals surface area (Å²) in [5, 5.41) is 8.43. The van der Waals surface area contributed by atoms with Gasteiger partial charge in [-0.3, -0.25) is 0 Å². The van der Waals surface area contributed by atoms with Crippen LogP contribution in [0.15, 0.2) is 18.2 Å². The van der Waals surface area contributed by atoms with E-state index < -0.39 is 18.8 Å². The smallest absolute Gasteiger partial charge is 0.272 e. The quantitative estimate of drug-likeness (QED) is 0.751. The molecule has 0 N–H and O–H groups in total. The van der Waals surface area contributed by atoms with E-state index in [0.29, 0.717) is 0 Å². The third-order valence-electron chi connectivity index (χ3n) is 1.43. The molecule has 0 aromatic heterocycles. The molecule has 0 atom stereocenters. The third kappa shape index (κ3) is 2.66. The van der Waals surface area contributed by atoms with Crippen LogP contribution in [-0.4, -0.2) is 13.0 Å². The zero-order chi connectivity index (χ0) is 10.6. The number of nitrogens with zero attached hydrogens (tertiary/aromatic N) is 1. The minimum atomic E-state index is -2.59. The van der Waals surface area contributed by atoms with E-state index in [1.165, 1.54) is 6.07 Å². The van der Waals surface area contributed by atoms with Gasteiger partial charge in [-0.25, -0.2) is 13.2 Å². The summed E-state index contributed by atoms with van der Waals surface area (Å²) in [4.78, 5) is 0. The Bertz CT molecular complexity index is 360. The van der Waals surface area contributed by atoms with Gasteiger partial charge in [0, 0.05) is 6.07 Å². The monoisotopic (exact) mass is 201 g/mol. The Kier molecular flexibility index (Phi) is 3.35. The lowest BCUT2D eigenvalue weighted by atomic mass is 10.2. The first-order valence-corrected chi connectivity index (χ1v) is 3.74. The molecule has 0 fully saturated rings. The van der Waals surface area contributed by atoms with Crippen molar-refractivity contribution in [3.05, 3.63) is 29.6 Å². The molecule has 0 aliphatic rings. The highest BCUT2D eigenvalue weighted by molar-refractivity contribution is 5.37. The van der Waals surface area contributed by atoms with Gasteiger partial charge in [-0.15, -0.1) is 0 Å². The molecule has 2 nitrogen and oxygen atoms in total. The average Bonchev–Trinajstić information content (AvgIpc) is 2.16. The van der Waals surface area contributed by atoms with E-state index in [9.17, 15) is 13.2 Å². The maximum absolute atomic E-state index is 12.7. The number of halogens is 3. The molecule has 0 heterocycles.